The first-order valence-electron chi connectivity index (χ1n) is 8.91. The Morgan fingerprint density at radius 2 is 2.08 bits per heavy atom. The molecule has 134 valence electrons. The van der Waals surface area contributed by atoms with Crippen LogP contribution in [0.3, 0.4) is 0 Å². The summed E-state index contributed by atoms with van der Waals surface area (Å²) < 4.78 is 7.06. The van der Waals surface area contributed by atoms with Crippen LogP contribution in [-0.2, 0) is 17.6 Å². The highest BCUT2D eigenvalue weighted by molar-refractivity contribution is 7.18. The highest BCUT2D eigenvalue weighted by Gasteiger charge is 2.30. The molecule has 0 bridgehead atoms. The van der Waals surface area contributed by atoms with Crippen molar-refractivity contribution in [2.45, 2.75) is 45.8 Å². The number of thiazole rings is 1. The summed E-state index contributed by atoms with van der Waals surface area (Å²) in [6, 6.07) is 12.3. The fraction of sp³-hybridized carbons (Fsp3) is 0.333. The first-order chi connectivity index (χ1) is 12.5. The lowest BCUT2D eigenvalue weighted by Gasteiger charge is -2.16. The van der Waals surface area contributed by atoms with Gasteiger partial charge in [-0.1, -0.05) is 18.2 Å². The van der Waals surface area contributed by atoms with E-state index in [1.54, 1.807) is 11.3 Å². The van der Waals surface area contributed by atoms with E-state index in [0.29, 0.717) is 6.42 Å². The van der Waals surface area contributed by atoms with Gasteiger partial charge in [-0.3, -0.25) is 4.79 Å². The van der Waals surface area contributed by atoms with Crippen molar-refractivity contribution in [3.8, 4) is 5.75 Å². The van der Waals surface area contributed by atoms with Gasteiger partial charge >= 0.3 is 0 Å². The van der Waals surface area contributed by atoms with Crippen LogP contribution in [0.15, 0.2) is 36.4 Å². The van der Waals surface area contributed by atoms with Gasteiger partial charge in [0, 0.05) is 18.9 Å². The third-order valence-electron chi connectivity index (χ3n) is 4.85. The molecule has 4 rings (SSSR count). The zero-order valence-corrected chi connectivity index (χ0v) is 16.0. The second-order valence-corrected chi connectivity index (χ2v) is 8.16. The van der Waals surface area contributed by atoms with E-state index in [4.69, 9.17) is 4.74 Å². The van der Waals surface area contributed by atoms with Gasteiger partial charge in [0.05, 0.1) is 15.2 Å². The highest BCUT2D eigenvalue weighted by Crippen LogP contribution is 2.31. The van der Waals surface area contributed by atoms with Gasteiger partial charge in [0.15, 0.2) is 6.10 Å². The third-order valence-corrected chi connectivity index (χ3v) is 5.91. The van der Waals surface area contributed by atoms with Crippen LogP contribution in [0, 0.1) is 13.8 Å². The molecule has 0 saturated carbocycles. The van der Waals surface area contributed by atoms with Gasteiger partial charge < -0.3 is 10.1 Å². The average molecular weight is 366 g/mol. The maximum atomic E-state index is 12.6. The molecule has 1 N–H and O–H groups in total. The van der Waals surface area contributed by atoms with Gasteiger partial charge in [0.25, 0.3) is 5.91 Å². The smallest absolute Gasteiger partial charge is 0.261 e. The van der Waals surface area contributed by atoms with E-state index < -0.39 is 6.10 Å². The van der Waals surface area contributed by atoms with Crippen LogP contribution in [0.5, 0.6) is 5.75 Å². The molecule has 2 atom stereocenters. The largest absolute Gasteiger partial charge is 0.480 e. The average Bonchev–Trinajstić information content (AvgIpc) is 3.18. The second-order valence-electron chi connectivity index (χ2n) is 7.04. The molecule has 0 spiro atoms. The Morgan fingerprint density at radius 3 is 2.88 bits per heavy atom. The first-order valence-corrected chi connectivity index (χ1v) is 9.73. The minimum Gasteiger partial charge on any atom is -0.480 e. The molecule has 1 aromatic heterocycles. The van der Waals surface area contributed by atoms with Crippen LogP contribution in [-0.4, -0.2) is 23.0 Å². The van der Waals surface area contributed by atoms with Gasteiger partial charge in [-0.05, 0) is 55.7 Å². The molecule has 1 amide bonds. The van der Waals surface area contributed by atoms with Crippen LogP contribution in [0.2, 0.25) is 0 Å². The van der Waals surface area contributed by atoms with Crippen molar-refractivity contribution in [3.05, 3.63) is 58.1 Å². The number of carbonyl (C=O) groups excluding carboxylic acids is 1. The lowest BCUT2D eigenvalue weighted by atomic mass is 10.0. The number of hydrogen-bond donors (Lipinski definition) is 1. The number of aryl methyl sites for hydroxylation is 2. The predicted molar refractivity (Wildman–Crippen MR) is 105 cm³/mol. The molecule has 0 radical (unpaired) electrons. The molecule has 2 aromatic carbocycles. The molecule has 4 nitrogen and oxygen atoms in total. The molecule has 0 unspecified atom stereocenters. The Morgan fingerprint density at radius 1 is 1.31 bits per heavy atom. The summed E-state index contributed by atoms with van der Waals surface area (Å²) in [5.41, 5.74) is 4.56. The van der Waals surface area contributed by atoms with E-state index in [2.05, 4.69) is 36.3 Å². The Kier molecular flexibility index (Phi) is 4.41. The number of carbonyl (C=O) groups is 1. The zero-order chi connectivity index (χ0) is 18.3. The summed E-state index contributed by atoms with van der Waals surface area (Å²) in [5.74, 6) is 0.789. The quantitative estimate of drug-likeness (QED) is 0.760. The minimum atomic E-state index is -0.441. The van der Waals surface area contributed by atoms with E-state index in [1.165, 1.54) is 15.8 Å². The summed E-state index contributed by atoms with van der Waals surface area (Å²) in [6.45, 7) is 6.16. The number of nitrogens with zero attached hydrogens (tertiary/aromatic N) is 1. The van der Waals surface area contributed by atoms with E-state index in [1.807, 2.05) is 31.2 Å². The van der Waals surface area contributed by atoms with Crippen molar-refractivity contribution in [2.24, 2.45) is 0 Å². The maximum absolute atomic E-state index is 12.6. The van der Waals surface area contributed by atoms with Crippen LogP contribution in [0.4, 0.5) is 0 Å². The van der Waals surface area contributed by atoms with E-state index in [0.717, 1.165) is 28.3 Å². The van der Waals surface area contributed by atoms with E-state index in [9.17, 15) is 4.79 Å². The molecule has 0 fully saturated rings. The molecule has 0 aliphatic carbocycles. The first kappa shape index (κ1) is 17.0. The third kappa shape index (κ3) is 3.31. The number of rotatable bonds is 4. The molecule has 1 aliphatic heterocycles. The van der Waals surface area contributed by atoms with Crippen molar-refractivity contribution in [1.82, 2.24) is 10.3 Å². The number of hydrogen-bond acceptors (Lipinski definition) is 4. The van der Waals surface area contributed by atoms with E-state index >= 15 is 0 Å². The molecule has 5 heteroatoms. The fourth-order valence-electron chi connectivity index (χ4n) is 3.32. The van der Waals surface area contributed by atoms with Crippen molar-refractivity contribution in [2.75, 3.05) is 0 Å². The normalized spacial score (nSPS) is 17.0. The van der Waals surface area contributed by atoms with E-state index in [-0.39, 0.29) is 11.9 Å². The lowest BCUT2D eigenvalue weighted by molar-refractivity contribution is -0.127. The SMILES string of the molecule is Cc1cc2c(cc1C)O[C@H](C(=O)N[C@H](C)Cc1nc3ccccc3s1)C2. The summed E-state index contributed by atoms with van der Waals surface area (Å²) >= 11 is 1.68. The molecule has 3 aromatic rings. The number of amides is 1. The van der Waals surface area contributed by atoms with Gasteiger partial charge in [-0.25, -0.2) is 4.98 Å². The Balaban J connectivity index is 1.38. The van der Waals surface area contributed by atoms with Crippen LogP contribution in [0.25, 0.3) is 10.2 Å². The molecule has 2 heterocycles. The van der Waals surface area contributed by atoms with Crippen molar-refractivity contribution in [1.29, 1.82) is 0 Å². The summed E-state index contributed by atoms with van der Waals surface area (Å²) in [6.07, 6.45) is 0.920. The van der Waals surface area contributed by atoms with Gasteiger partial charge in [-0.15, -0.1) is 11.3 Å². The number of ether oxygens (including phenoxy) is 1. The molecule has 26 heavy (non-hydrogen) atoms. The van der Waals surface area contributed by atoms with Crippen LogP contribution >= 0.6 is 11.3 Å². The van der Waals surface area contributed by atoms with Gasteiger partial charge in [0.1, 0.15) is 5.75 Å². The Bertz CT molecular complexity index is 915. The van der Waals surface area contributed by atoms with Crippen molar-refractivity contribution < 1.29 is 9.53 Å². The lowest BCUT2D eigenvalue weighted by Crippen LogP contribution is -2.42. The molecule has 0 saturated heterocycles. The number of aromatic nitrogens is 1. The van der Waals surface area contributed by atoms with Crippen LogP contribution < -0.4 is 10.1 Å². The number of benzene rings is 2. The Labute approximate surface area is 157 Å². The predicted octanol–water partition coefficient (Wildman–Crippen LogP) is 3.96. The van der Waals surface area contributed by atoms with Gasteiger partial charge in [-0.2, -0.15) is 0 Å². The highest BCUT2D eigenvalue weighted by atomic mass is 32.1. The maximum Gasteiger partial charge on any atom is 0.261 e. The standard InChI is InChI=1S/C21H22N2O2S/c1-12-8-15-11-18(25-17(15)9-13(12)2)21(24)22-14(3)10-20-23-16-6-4-5-7-19(16)26-20/h4-9,14,18H,10-11H2,1-3H3,(H,22,24)/t14-,18+/m1/s1. The Hall–Kier alpha value is -2.40. The minimum absolute atomic E-state index is 0.0128. The molecule has 1 aliphatic rings. The van der Waals surface area contributed by atoms with Crippen molar-refractivity contribution >= 4 is 27.5 Å². The summed E-state index contributed by atoms with van der Waals surface area (Å²) in [7, 11) is 0. The van der Waals surface area contributed by atoms with Crippen molar-refractivity contribution in [3.63, 3.8) is 0 Å². The number of para-hydroxylation sites is 1. The summed E-state index contributed by atoms with van der Waals surface area (Å²) in [4.78, 5) is 17.2. The molecular weight excluding hydrogens is 344 g/mol. The fourth-order valence-corrected chi connectivity index (χ4v) is 4.41. The number of fused-ring (bicyclic) bond motifs is 2. The van der Waals surface area contributed by atoms with Gasteiger partial charge in [0.2, 0.25) is 0 Å². The molecular formula is C21H22N2O2S. The second kappa shape index (κ2) is 6.72. The monoisotopic (exact) mass is 366 g/mol. The number of nitrogens with one attached hydrogen (secondary N) is 1. The van der Waals surface area contributed by atoms with Crippen LogP contribution in [0.1, 0.15) is 28.6 Å². The summed E-state index contributed by atoms with van der Waals surface area (Å²) in [5, 5.41) is 4.12. The zero-order valence-electron chi connectivity index (χ0n) is 15.2. The topological polar surface area (TPSA) is 51.2 Å².